The number of H-pyrrole nitrogens is 1. The van der Waals surface area contributed by atoms with Crippen LogP contribution in [-0.2, 0) is 14.3 Å². The van der Waals surface area contributed by atoms with Crippen molar-refractivity contribution < 1.29 is 19.1 Å². The lowest BCUT2D eigenvalue weighted by Gasteiger charge is -2.23. The summed E-state index contributed by atoms with van der Waals surface area (Å²) in [5.74, 6) is -1.13. The topological polar surface area (TPSA) is 88.3 Å². The molecule has 7 heteroatoms. The highest BCUT2D eigenvalue weighted by molar-refractivity contribution is 8.01. The Morgan fingerprint density at radius 1 is 0.909 bits per heavy atom. The van der Waals surface area contributed by atoms with Crippen LogP contribution in [0.4, 0.5) is 5.69 Å². The van der Waals surface area contributed by atoms with E-state index in [2.05, 4.69) is 10.3 Å². The molecular weight excluding hydrogens is 436 g/mol. The van der Waals surface area contributed by atoms with E-state index in [0.29, 0.717) is 11.3 Å². The van der Waals surface area contributed by atoms with Gasteiger partial charge in [0.1, 0.15) is 0 Å². The highest BCUT2D eigenvalue weighted by Crippen LogP contribution is 2.37. The number of amides is 1. The van der Waals surface area contributed by atoms with Gasteiger partial charge in [0.2, 0.25) is 11.7 Å². The molecule has 2 N–H and O–H groups in total. The van der Waals surface area contributed by atoms with Crippen LogP contribution in [0.3, 0.4) is 0 Å². The molecule has 1 amide bonds. The molecule has 0 saturated carbocycles. The fourth-order valence-electron chi connectivity index (χ4n) is 3.91. The highest BCUT2D eigenvalue weighted by Gasteiger charge is 2.30. The molecule has 1 aromatic heterocycles. The molecule has 0 spiro atoms. The average molecular weight is 457 g/mol. The number of benzene rings is 3. The number of hydrogen-bond donors (Lipinski definition) is 2. The zero-order valence-corrected chi connectivity index (χ0v) is 18.4. The minimum Gasteiger partial charge on any atom is -0.457 e. The number of aromatic nitrogens is 1. The molecule has 33 heavy (non-hydrogen) atoms. The van der Waals surface area contributed by atoms with Gasteiger partial charge in [-0.3, -0.25) is 14.4 Å². The van der Waals surface area contributed by atoms with Crippen LogP contribution in [0.5, 0.6) is 0 Å². The zero-order valence-electron chi connectivity index (χ0n) is 17.5. The summed E-state index contributed by atoms with van der Waals surface area (Å²) in [7, 11) is 0. The minimum absolute atomic E-state index is 0.114. The molecule has 0 bridgehead atoms. The number of para-hydroxylation sites is 2. The fraction of sp³-hybridized carbons (Fsp3) is 0.115. The minimum atomic E-state index is -0.601. The van der Waals surface area contributed by atoms with Gasteiger partial charge < -0.3 is 15.0 Å². The summed E-state index contributed by atoms with van der Waals surface area (Å²) >= 11 is 1.32. The summed E-state index contributed by atoms with van der Waals surface area (Å²) in [5.41, 5.74) is 3.62. The van der Waals surface area contributed by atoms with Crippen molar-refractivity contribution in [2.24, 2.45) is 0 Å². The number of thioether (sulfide) groups is 1. The van der Waals surface area contributed by atoms with Crippen LogP contribution >= 0.6 is 11.8 Å². The lowest BCUT2D eigenvalue weighted by molar-refractivity contribution is -0.143. The molecule has 0 aliphatic carbocycles. The van der Waals surface area contributed by atoms with Crippen molar-refractivity contribution >= 4 is 46.0 Å². The van der Waals surface area contributed by atoms with Gasteiger partial charge in [-0.05, 0) is 23.8 Å². The lowest BCUT2D eigenvalue weighted by Crippen LogP contribution is -2.31. The highest BCUT2D eigenvalue weighted by atomic mass is 32.2. The maximum Gasteiger partial charge on any atom is 0.307 e. The van der Waals surface area contributed by atoms with Crippen molar-refractivity contribution in [1.82, 2.24) is 4.98 Å². The third-order valence-corrected chi connectivity index (χ3v) is 6.75. The van der Waals surface area contributed by atoms with E-state index >= 15 is 0 Å². The molecule has 2 heterocycles. The Labute approximate surface area is 194 Å². The second kappa shape index (κ2) is 8.96. The van der Waals surface area contributed by atoms with E-state index in [4.69, 9.17) is 4.74 Å². The number of ketones is 1. The van der Waals surface area contributed by atoms with E-state index in [0.717, 1.165) is 27.0 Å². The van der Waals surface area contributed by atoms with Crippen LogP contribution < -0.4 is 5.32 Å². The number of carbonyl (C=O) groups excluding carboxylic acids is 3. The molecule has 6 nitrogen and oxygen atoms in total. The van der Waals surface area contributed by atoms with Crippen LogP contribution in [0.15, 0.2) is 83.8 Å². The Bertz CT molecular complexity index is 1360. The first-order chi connectivity index (χ1) is 16.1. The Kier molecular flexibility index (Phi) is 5.71. The van der Waals surface area contributed by atoms with E-state index in [-0.39, 0.29) is 18.1 Å². The van der Waals surface area contributed by atoms with Crippen LogP contribution in [0, 0.1) is 0 Å². The van der Waals surface area contributed by atoms with Gasteiger partial charge >= 0.3 is 5.97 Å². The van der Waals surface area contributed by atoms with Gasteiger partial charge in [0.15, 0.2) is 6.61 Å². The van der Waals surface area contributed by atoms with Gasteiger partial charge in [-0.25, -0.2) is 0 Å². The van der Waals surface area contributed by atoms with Crippen molar-refractivity contribution in [3.63, 3.8) is 0 Å². The molecule has 1 aliphatic rings. The third-order valence-electron chi connectivity index (χ3n) is 5.47. The van der Waals surface area contributed by atoms with E-state index in [1.807, 2.05) is 78.9 Å². The average Bonchev–Trinajstić information content (AvgIpc) is 3.23. The summed E-state index contributed by atoms with van der Waals surface area (Å²) in [5, 5.41) is 2.98. The normalized spacial score (nSPS) is 15.0. The molecule has 3 aromatic carbocycles. The van der Waals surface area contributed by atoms with E-state index in [9.17, 15) is 14.4 Å². The number of fused-ring (bicyclic) bond motifs is 2. The standard InChI is InChI=1S/C26H20N2O4S/c29-20(15-32-23(30)14-22-26(31)28-19-12-6-7-13-21(19)33-22)24-17-10-4-5-11-18(17)27-25(24)16-8-2-1-3-9-16/h1-13,22,27H,14-15H2,(H,28,31)/t22-/m1/s1. The number of ether oxygens (including phenoxy) is 1. The van der Waals surface area contributed by atoms with Crippen molar-refractivity contribution in [3.05, 3.63) is 84.4 Å². The van der Waals surface area contributed by atoms with Crippen LogP contribution in [-0.4, -0.2) is 34.5 Å². The van der Waals surface area contributed by atoms with Crippen LogP contribution in [0.25, 0.3) is 22.2 Å². The van der Waals surface area contributed by atoms with E-state index in [1.165, 1.54) is 11.8 Å². The summed E-state index contributed by atoms with van der Waals surface area (Å²) in [6.07, 6.45) is -0.114. The van der Waals surface area contributed by atoms with Gasteiger partial charge in [0.05, 0.1) is 28.6 Å². The summed E-state index contributed by atoms with van der Waals surface area (Å²) in [4.78, 5) is 42.2. The van der Waals surface area contributed by atoms with Crippen molar-refractivity contribution in [1.29, 1.82) is 0 Å². The van der Waals surface area contributed by atoms with Gasteiger partial charge in [-0.2, -0.15) is 0 Å². The molecule has 0 unspecified atom stereocenters. The van der Waals surface area contributed by atoms with E-state index in [1.54, 1.807) is 0 Å². The molecule has 0 fully saturated rings. The second-order valence-corrected chi connectivity index (χ2v) is 8.91. The first-order valence-electron chi connectivity index (χ1n) is 10.5. The monoisotopic (exact) mass is 456 g/mol. The Hall–Kier alpha value is -3.84. The summed E-state index contributed by atoms with van der Waals surface area (Å²) in [6.45, 7) is -0.393. The van der Waals surface area contributed by atoms with Crippen molar-refractivity contribution in [3.8, 4) is 11.3 Å². The molecular formula is C26H20N2O4S. The van der Waals surface area contributed by atoms with Crippen LogP contribution in [0.2, 0.25) is 0 Å². The van der Waals surface area contributed by atoms with E-state index < -0.39 is 17.8 Å². The lowest BCUT2D eigenvalue weighted by atomic mass is 10.0. The van der Waals surface area contributed by atoms with Gasteiger partial charge in [0.25, 0.3) is 0 Å². The predicted octanol–water partition coefficient (Wildman–Crippen LogP) is 5.06. The number of nitrogens with one attached hydrogen (secondary N) is 2. The number of aromatic amines is 1. The first-order valence-corrected chi connectivity index (χ1v) is 11.4. The molecule has 0 radical (unpaired) electrons. The maximum absolute atomic E-state index is 13.2. The number of esters is 1. The van der Waals surface area contributed by atoms with Crippen molar-refractivity contribution in [2.75, 3.05) is 11.9 Å². The SMILES string of the molecule is O=C(C[C@H]1Sc2ccccc2NC1=O)OCC(=O)c1c(-c2ccccc2)[nH]c2ccccc12. The Morgan fingerprint density at radius 3 is 2.48 bits per heavy atom. The van der Waals surface area contributed by atoms with Gasteiger partial charge in [-0.15, -0.1) is 11.8 Å². The molecule has 5 rings (SSSR count). The number of rotatable bonds is 6. The molecule has 1 atom stereocenters. The number of carbonyl (C=O) groups is 3. The second-order valence-electron chi connectivity index (χ2n) is 7.67. The summed E-state index contributed by atoms with van der Waals surface area (Å²) < 4.78 is 5.31. The van der Waals surface area contributed by atoms with Crippen LogP contribution in [0.1, 0.15) is 16.8 Å². The molecule has 4 aromatic rings. The predicted molar refractivity (Wildman–Crippen MR) is 128 cm³/mol. The van der Waals surface area contributed by atoms with Gasteiger partial charge in [-0.1, -0.05) is 60.7 Å². The number of hydrogen-bond acceptors (Lipinski definition) is 5. The van der Waals surface area contributed by atoms with Crippen molar-refractivity contribution in [2.45, 2.75) is 16.6 Å². The number of anilines is 1. The van der Waals surface area contributed by atoms with Gasteiger partial charge in [0, 0.05) is 15.8 Å². The quantitative estimate of drug-likeness (QED) is 0.313. The Balaban J connectivity index is 1.31. The maximum atomic E-state index is 13.2. The fourth-order valence-corrected chi connectivity index (χ4v) is 5.00. The molecule has 164 valence electrons. The Morgan fingerprint density at radius 2 is 1.64 bits per heavy atom. The summed E-state index contributed by atoms with van der Waals surface area (Å²) in [6, 6.07) is 24.5. The molecule has 1 aliphatic heterocycles. The smallest absolute Gasteiger partial charge is 0.307 e. The largest absolute Gasteiger partial charge is 0.457 e. The third kappa shape index (κ3) is 4.27. The zero-order chi connectivity index (χ0) is 22.8. The first kappa shape index (κ1) is 21.0. The molecule has 0 saturated heterocycles. The number of Topliss-reactive ketones (excluding diaryl/α,β-unsaturated/α-hetero) is 1.